The first-order chi connectivity index (χ1) is 15.1. The molecule has 0 saturated carbocycles. The molecule has 1 aliphatic rings. The fraction of sp³-hybridized carbons (Fsp3) is 0.417. The minimum atomic E-state index is -3.49. The van der Waals surface area contributed by atoms with Crippen molar-refractivity contribution >= 4 is 22.1 Å². The second kappa shape index (κ2) is 9.94. The van der Waals surface area contributed by atoms with Crippen LogP contribution in [0.25, 0.3) is 0 Å². The molecule has 0 atom stereocenters. The van der Waals surface area contributed by atoms with Gasteiger partial charge in [0.25, 0.3) is 5.91 Å². The molecule has 0 aromatic heterocycles. The van der Waals surface area contributed by atoms with Crippen LogP contribution in [0.5, 0.6) is 0 Å². The molecule has 7 nitrogen and oxygen atoms in total. The van der Waals surface area contributed by atoms with Gasteiger partial charge in [-0.2, -0.15) is 9.41 Å². The van der Waals surface area contributed by atoms with Crippen LogP contribution in [0.3, 0.4) is 0 Å². The van der Waals surface area contributed by atoms with Crippen molar-refractivity contribution in [1.29, 1.82) is 0 Å². The molecule has 3 rings (SSSR count). The summed E-state index contributed by atoms with van der Waals surface area (Å²) in [7, 11) is -3.49. The largest absolute Gasteiger partial charge is 0.325 e. The highest BCUT2D eigenvalue weighted by molar-refractivity contribution is 7.89. The maximum Gasteiger partial charge on any atom is 0.295 e. The van der Waals surface area contributed by atoms with Crippen LogP contribution in [0.2, 0.25) is 0 Å². The molecule has 172 valence electrons. The number of aryl methyl sites for hydroxylation is 1. The van der Waals surface area contributed by atoms with E-state index in [2.05, 4.69) is 43.4 Å². The van der Waals surface area contributed by atoms with Crippen molar-refractivity contribution in [2.45, 2.75) is 38.0 Å². The highest BCUT2D eigenvalue weighted by Gasteiger charge is 2.31. The molecule has 0 spiro atoms. The molecule has 1 heterocycles. The molecule has 8 heteroatoms. The molecule has 2 aromatic carbocycles. The topological polar surface area (TPSA) is 83.3 Å². The van der Waals surface area contributed by atoms with Crippen LogP contribution < -0.4 is 10.3 Å². The summed E-state index contributed by atoms with van der Waals surface area (Å²) in [5, 5.41) is 4.06. The van der Waals surface area contributed by atoms with Gasteiger partial charge in [-0.3, -0.25) is 4.79 Å². The van der Waals surface area contributed by atoms with Crippen LogP contribution in [0.15, 0.2) is 58.5 Å². The maximum atomic E-state index is 12.8. The summed E-state index contributed by atoms with van der Waals surface area (Å²) < 4.78 is 27.1. The van der Waals surface area contributed by atoms with Crippen LogP contribution in [0, 0.1) is 6.92 Å². The van der Waals surface area contributed by atoms with Crippen molar-refractivity contribution < 1.29 is 18.1 Å². The summed E-state index contributed by atoms with van der Waals surface area (Å²) in [6.07, 6.45) is 1.63. The third-order valence-corrected chi connectivity index (χ3v) is 7.59. The zero-order chi connectivity index (χ0) is 23.4. The number of quaternary nitrogens is 1. The summed E-state index contributed by atoms with van der Waals surface area (Å²) in [5.41, 5.74) is 5.85. The number of carbonyl (C=O) groups excluding carboxylic acids is 1. The van der Waals surface area contributed by atoms with E-state index in [1.165, 1.54) is 9.87 Å². The van der Waals surface area contributed by atoms with Gasteiger partial charge in [-0.25, -0.2) is 13.8 Å². The van der Waals surface area contributed by atoms with E-state index in [4.69, 9.17) is 0 Å². The lowest BCUT2D eigenvalue weighted by Crippen LogP contribution is -3.15. The average Bonchev–Trinajstić information content (AvgIpc) is 2.74. The molecule has 1 amide bonds. The Morgan fingerprint density at radius 1 is 1.06 bits per heavy atom. The fourth-order valence-electron chi connectivity index (χ4n) is 3.59. The van der Waals surface area contributed by atoms with Crippen LogP contribution in [0.1, 0.15) is 37.5 Å². The van der Waals surface area contributed by atoms with Crippen molar-refractivity contribution in [3.63, 3.8) is 0 Å². The quantitative estimate of drug-likeness (QED) is 0.507. The Morgan fingerprint density at radius 3 is 2.22 bits per heavy atom. The molecule has 0 radical (unpaired) electrons. The number of nitrogens with zero attached hydrogens (tertiary/aromatic N) is 2. The number of carbonyl (C=O) groups is 1. The first kappa shape index (κ1) is 24.1. The summed E-state index contributed by atoms with van der Waals surface area (Å²) in [5.74, 6) is -0.183. The Bertz CT molecular complexity index is 1050. The minimum Gasteiger partial charge on any atom is -0.325 e. The summed E-state index contributed by atoms with van der Waals surface area (Å²) in [6.45, 7) is 10.6. The van der Waals surface area contributed by atoms with E-state index in [9.17, 15) is 13.2 Å². The number of benzene rings is 2. The molecule has 32 heavy (non-hydrogen) atoms. The minimum absolute atomic E-state index is 0.0934. The van der Waals surface area contributed by atoms with Gasteiger partial charge in [0.05, 0.1) is 37.3 Å². The lowest BCUT2D eigenvalue weighted by molar-refractivity contribution is -0.895. The number of hydrazone groups is 1. The monoisotopic (exact) mass is 457 g/mol. The first-order valence-electron chi connectivity index (χ1n) is 10.9. The third kappa shape index (κ3) is 6.25. The van der Waals surface area contributed by atoms with Crippen molar-refractivity contribution in [1.82, 2.24) is 9.73 Å². The number of nitrogens with one attached hydrogen (secondary N) is 2. The van der Waals surface area contributed by atoms with Gasteiger partial charge in [0, 0.05) is 0 Å². The number of sulfonamides is 1. The smallest absolute Gasteiger partial charge is 0.295 e. The van der Waals surface area contributed by atoms with Gasteiger partial charge in [0.1, 0.15) is 0 Å². The van der Waals surface area contributed by atoms with Crippen LogP contribution in [-0.4, -0.2) is 57.6 Å². The van der Waals surface area contributed by atoms with E-state index in [-0.39, 0.29) is 17.9 Å². The Morgan fingerprint density at radius 2 is 1.66 bits per heavy atom. The molecule has 0 bridgehead atoms. The highest BCUT2D eigenvalue weighted by Crippen LogP contribution is 2.21. The van der Waals surface area contributed by atoms with Gasteiger partial charge in [-0.1, -0.05) is 62.7 Å². The summed E-state index contributed by atoms with van der Waals surface area (Å²) in [4.78, 5) is 13.6. The predicted octanol–water partition coefficient (Wildman–Crippen LogP) is 1.33. The lowest BCUT2D eigenvalue weighted by Gasteiger charge is -2.31. The van der Waals surface area contributed by atoms with Gasteiger partial charge in [-0.05, 0) is 35.6 Å². The molecule has 1 fully saturated rings. The SMILES string of the molecule is Cc1ccc(S(=O)(=O)N2CC[NH+](CC(=O)NN=Cc3ccc(C(C)(C)C)cc3)CC2)cc1. The van der Waals surface area contributed by atoms with Crippen molar-refractivity contribution in [2.75, 3.05) is 32.7 Å². The molecule has 1 saturated heterocycles. The van der Waals surface area contributed by atoms with Gasteiger partial charge >= 0.3 is 0 Å². The Hall–Kier alpha value is -2.55. The second-order valence-electron chi connectivity index (χ2n) is 9.31. The second-order valence-corrected chi connectivity index (χ2v) is 11.2. The van der Waals surface area contributed by atoms with E-state index in [1.54, 1.807) is 30.5 Å². The molecule has 0 aliphatic carbocycles. The Kier molecular flexibility index (Phi) is 7.48. The standard InChI is InChI=1S/C24H32N4O3S/c1-19-5-11-22(12-6-19)32(30,31)28-15-13-27(14-16-28)18-23(29)26-25-17-20-7-9-21(10-8-20)24(2,3)4/h5-12,17H,13-16,18H2,1-4H3,(H,26,29)/p+1. The highest BCUT2D eigenvalue weighted by atomic mass is 32.2. The lowest BCUT2D eigenvalue weighted by atomic mass is 9.87. The average molecular weight is 458 g/mol. The van der Waals surface area contributed by atoms with Crippen molar-refractivity contribution in [3.8, 4) is 0 Å². The summed E-state index contributed by atoms with van der Waals surface area (Å²) in [6, 6.07) is 15.0. The predicted molar refractivity (Wildman–Crippen MR) is 126 cm³/mol. The van der Waals surface area contributed by atoms with E-state index in [0.29, 0.717) is 31.1 Å². The van der Waals surface area contributed by atoms with E-state index in [1.807, 2.05) is 19.1 Å². The normalized spacial score (nSPS) is 16.4. The molecule has 2 N–H and O–H groups in total. The van der Waals surface area contributed by atoms with Crippen LogP contribution in [0.4, 0.5) is 0 Å². The number of hydrogen-bond donors (Lipinski definition) is 2. The molecular formula is C24H33N4O3S+. The molecular weight excluding hydrogens is 424 g/mol. The Labute approximate surface area is 191 Å². The molecule has 2 aromatic rings. The van der Waals surface area contributed by atoms with E-state index in [0.717, 1.165) is 16.0 Å². The summed E-state index contributed by atoms with van der Waals surface area (Å²) >= 11 is 0. The number of hydrogen-bond acceptors (Lipinski definition) is 4. The van der Waals surface area contributed by atoms with Crippen LogP contribution >= 0.6 is 0 Å². The zero-order valence-corrected chi connectivity index (χ0v) is 20.1. The van der Waals surface area contributed by atoms with Gasteiger partial charge < -0.3 is 4.90 Å². The van der Waals surface area contributed by atoms with Crippen molar-refractivity contribution in [2.24, 2.45) is 5.10 Å². The number of piperazine rings is 1. The number of rotatable bonds is 6. The molecule has 1 aliphatic heterocycles. The van der Waals surface area contributed by atoms with Gasteiger partial charge in [-0.15, -0.1) is 0 Å². The maximum absolute atomic E-state index is 12.8. The fourth-order valence-corrected chi connectivity index (χ4v) is 5.03. The van der Waals surface area contributed by atoms with E-state index >= 15 is 0 Å². The van der Waals surface area contributed by atoms with Crippen LogP contribution in [-0.2, 0) is 20.2 Å². The Balaban J connectivity index is 1.46. The van der Waals surface area contributed by atoms with Gasteiger partial charge in [0.15, 0.2) is 6.54 Å². The zero-order valence-electron chi connectivity index (χ0n) is 19.3. The molecule has 0 unspecified atom stereocenters. The third-order valence-electron chi connectivity index (χ3n) is 5.68. The van der Waals surface area contributed by atoms with Crippen molar-refractivity contribution in [3.05, 3.63) is 65.2 Å². The van der Waals surface area contributed by atoms with E-state index < -0.39 is 10.0 Å². The first-order valence-corrected chi connectivity index (χ1v) is 12.3. The van der Waals surface area contributed by atoms with Gasteiger partial charge in [0.2, 0.25) is 10.0 Å². The number of amides is 1.